The Morgan fingerprint density at radius 3 is 2.50 bits per heavy atom. The smallest absolute Gasteiger partial charge is 0.119 e. The largest absolute Gasteiger partial charge is 0.497 e. The second-order valence-corrected chi connectivity index (χ2v) is 7.66. The van der Waals surface area contributed by atoms with Crippen LogP contribution in [0.1, 0.15) is 28.7 Å². The Morgan fingerprint density at radius 2 is 1.68 bits per heavy atom. The second kappa shape index (κ2) is 8.17. The second-order valence-electron chi connectivity index (χ2n) is 7.66. The van der Waals surface area contributed by atoms with E-state index in [1.165, 1.54) is 16.7 Å². The van der Waals surface area contributed by atoms with E-state index >= 15 is 0 Å². The van der Waals surface area contributed by atoms with Crippen molar-refractivity contribution in [3.8, 4) is 5.75 Å². The molecule has 1 aliphatic heterocycles. The summed E-state index contributed by atoms with van der Waals surface area (Å²) in [6.45, 7) is 2.44. The summed E-state index contributed by atoms with van der Waals surface area (Å²) in [5, 5.41) is 11.5. The van der Waals surface area contributed by atoms with Crippen molar-refractivity contribution in [1.82, 2.24) is 4.90 Å². The maximum absolute atomic E-state index is 11.5. The van der Waals surface area contributed by atoms with Crippen molar-refractivity contribution in [1.29, 1.82) is 0 Å². The summed E-state index contributed by atoms with van der Waals surface area (Å²) in [6, 6.07) is 26.9. The van der Waals surface area contributed by atoms with Crippen LogP contribution in [-0.2, 0) is 18.6 Å². The quantitative estimate of drug-likeness (QED) is 0.696. The number of nitrogens with zero attached hydrogens (tertiary/aromatic N) is 1. The van der Waals surface area contributed by atoms with Crippen LogP contribution < -0.4 is 4.74 Å². The first-order chi connectivity index (χ1) is 13.7. The molecule has 1 atom stereocenters. The molecule has 0 aliphatic carbocycles. The number of benzene rings is 3. The molecule has 0 bridgehead atoms. The number of methoxy groups -OCH3 is 1. The van der Waals surface area contributed by atoms with Crippen LogP contribution in [0.5, 0.6) is 5.75 Å². The lowest BCUT2D eigenvalue weighted by Crippen LogP contribution is -2.31. The molecule has 0 aromatic heterocycles. The number of hydrogen-bond acceptors (Lipinski definition) is 3. The molecule has 3 aromatic carbocycles. The van der Waals surface area contributed by atoms with Gasteiger partial charge in [0.25, 0.3) is 0 Å². The Labute approximate surface area is 167 Å². The van der Waals surface area contributed by atoms with Gasteiger partial charge in [-0.05, 0) is 47.2 Å². The number of likely N-dealkylation sites (tertiary alicyclic amines) is 1. The fraction of sp³-hybridized carbons (Fsp3) is 0.280. The molecule has 0 radical (unpaired) electrons. The summed E-state index contributed by atoms with van der Waals surface area (Å²) < 4.78 is 5.36. The van der Waals surface area contributed by atoms with Gasteiger partial charge in [0.15, 0.2) is 0 Å². The van der Waals surface area contributed by atoms with Crippen molar-refractivity contribution in [2.75, 3.05) is 20.2 Å². The van der Waals surface area contributed by atoms with Crippen molar-refractivity contribution in [2.24, 2.45) is 0 Å². The van der Waals surface area contributed by atoms with E-state index in [0.717, 1.165) is 37.2 Å². The lowest BCUT2D eigenvalue weighted by atomic mass is 9.86. The van der Waals surface area contributed by atoms with Crippen molar-refractivity contribution >= 4 is 0 Å². The minimum absolute atomic E-state index is 0.664. The van der Waals surface area contributed by atoms with E-state index in [9.17, 15) is 5.11 Å². The topological polar surface area (TPSA) is 32.7 Å². The van der Waals surface area contributed by atoms with Gasteiger partial charge in [0.2, 0.25) is 0 Å². The van der Waals surface area contributed by atoms with Crippen LogP contribution in [0.25, 0.3) is 0 Å². The monoisotopic (exact) mass is 373 g/mol. The van der Waals surface area contributed by atoms with E-state index in [1.54, 1.807) is 7.11 Å². The van der Waals surface area contributed by atoms with E-state index < -0.39 is 5.60 Å². The first kappa shape index (κ1) is 18.7. The molecule has 1 saturated heterocycles. The van der Waals surface area contributed by atoms with Crippen molar-refractivity contribution in [3.05, 3.63) is 101 Å². The number of ether oxygens (including phenoxy) is 1. The molecule has 3 nitrogen and oxygen atoms in total. The average Bonchev–Trinajstić information content (AvgIpc) is 3.11. The Bertz CT molecular complexity index is 925. The van der Waals surface area contributed by atoms with Crippen molar-refractivity contribution in [3.63, 3.8) is 0 Å². The molecule has 1 unspecified atom stereocenters. The van der Waals surface area contributed by atoms with Crippen LogP contribution in [0.2, 0.25) is 0 Å². The molecule has 4 rings (SSSR count). The lowest BCUT2D eigenvalue weighted by Gasteiger charge is -2.27. The Hall–Kier alpha value is -2.62. The minimum atomic E-state index is -0.801. The van der Waals surface area contributed by atoms with Crippen LogP contribution >= 0.6 is 0 Å². The molecule has 0 amide bonds. The van der Waals surface area contributed by atoms with E-state index in [4.69, 9.17) is 4.74 Å². The maximum atomic E-state index is 11.5. The van der Waals surface area contributed by atoms with Gasteiger partial charge in [-0.15, -0.1) is 0 Å². The predicted molar refractivity (Wildman–Crippen MR) is 112 cm³/mol. The molecule has 1 aliphatic rings. The van der Waals surface area contributed by atoms with Gasteiger partial charge in [-0.25, -0.2) is 0 Å². The van der Waals surface area contributed by atoms with Gasteiger partial charge in [0.1, 0.15) is 11.4 Å². The number of rotatable bonds is 6. The first-order valence-electron chi connectivity index (χ1n) is 9.86. The highest BCUT2D eigenvalue weighted by Gasteiger charge is 2.38. The predicted octanol–water partition coefficient (Wildman–Crippen LogP) is 4.38. The Morgan fingerprint density at radius 1 is 0.929 bits per heavy atom. The summed E-state index contributed by atoms with van der Waals surface area (Å²) in [7, 11) is 1.69. The highest BCUT2D eigenvalue weighted by molar-refractivity contribution is 5.39. The standard InChI is InChI=1S/C25H27NO2/c1-28-23-12-7-10-21(17-23)16-22-11-5-6-13-24(22)25(27)14-15-26(19-25)18-20-8-3-2-4-9-20/h2-13,17,27H,14-16,18-19H2,1H3. The number of β-amino-alcohol motifs (C(OH)–C–C–N with tert-alkyl or cyclic N) is 1. The normalized spacial score (nSPS) is 19.6. The summed E-state index contributed by atoms with van der Waals surface area (Å²) in [6.07, 6.45) is 1.54. The van der Waals surface area contributed by atoms with Crippen LogP contribution in [-0.4, -0.2) is 30.2 Å². The summed E-state index contributed by atoms with van der Waals surface area (Å²) in [5.74, 6) is 0.864. The SMILES string of the molecule is COc1cccc(Cc2ccccc2C2(O)CCN(Cc3ccccc3)C2)c1. The summed E-state index contributed by atoms with van der Waals surface area (Å²) in [5.41, 5.74) is 3.91. The Kier molecular flexibility index (Phi) is 5.47. The highest BCUT2D eigenvalue weighted by atomic mass is 16.5. The van der Waals surface area contributed by atoms with Gasteiger partial charge in [0.05, 0.1) is 7.11 Å². The molecule has 3 heteroatoms. The molecule has 1 N–H and O–H groups in total. The van der Waals surface area contributed by atoms with E-state index in [0.29, 0.717) is 6.54 Å². The van der Waals surface area contributed by atoms with Gasteiger partial charge in [-0.3, -0.25) is 4.90 Å². The lowest BCUT2D eigenvalue weighted by molar-refractivity contribution is 0.0445. The van der Waals surface area contributed by atoms with Gasteiger partial charge in [-0.2, -0.15) is 0 Å². The molecule has 3 aromatic rings. The van der Waals surface area contributed by atoms with E-state index in [-0.39, 0.29) is 0 Å². The third kappa shape index (κ3) is 4.11. The molecule has 1 fully saturated rings. The molecule has 0 spiro atoms. The van der Waals surface area contributed by atoms with Crippen LogP contribution in [0.3, 0.4) is 0 Å². The zero-order chi connectivity index (χ0) is 19.4. The van der Waals surface area contributed by atoms with Gasteiger partial charge < -0.3 is 9.84 Å². The molecule has 28 heavy (non-hydrogen) atoms. The summed E-state index contributed by atoms with van der Waals surface area (Å²) >= 11 is 0. The van der Waals surface area contributed by atoms with Gasteiger partial charge >= 0.3 is 0 Å². The highest BCUT2D eigenvalue weighted by Crippen LogP contribution is 2.35. The molecule has 1 heterocycles. The molecule has 144 valence electrons. The first-order valence-corrected chi connectivity index (χ1v) is 9.86. The van der Waals surface area contributed by atoms with Crippen LogP contribution in [0.4, 0.5) is 0 Å². The zero-order valence-corrected chi connectivity index (χ0v) is 16.3. The van der Waals surface area contributed by atoms with Crippen molar-refractivity contribution in [2.45, 2.75) is 25.0 Å². The van der Waals surface area contributed by atoms with Gasteiger partial charge in [0, 0.05) is 19.6 Å². The van der Waals surface area contributed by atoms with E-state index in [2.05, 4.69) is 59.5 Å². The molecular weight excluding hydrogens is 346 g/mol. The average molecular weight is 373 g/mol. The van der Waals surface area contributed by atoms with Crippen LogP contribution in [0.15, 0.2) is 78.9 Å². The number of aliphatic hydroxyl groups is 1. The fourth-order valence-electron chi connectivity index (χ4n) is 4.20. The summed E-state index contributed by atoms with van der Waals surface area (Å²) in [4.78, 5) is 2.34. The molecular formula is C25H27NO2. The van der Waals surface area contributed by atoms with E-state index in [1.807, 2.05) is 24.3 Å². The van der Waals surface area contributed by atoms with Crippen LogP contribution in [0, 0.1) is 0 Å². The minimum Gasteiger partial charge on any atom is -0.497 e. The molecule has 0 saturated carbocycles. The fourth-order valence-corrected chi connectivity index (χ4v) is 4.20. The number of hydrogen-bond donors (Lipinski definition) is 1. The Balaban J connectivity index is 1.54. The third-order valence-electron chi connectivity index (χ3n) is 5.62. The zero-order valence-electron chi connectivity index (χ0n) is 16.3. The third-order valence-corrected chi connectivity index (χ3v) is 5.62. The van der Waals surface area contributed by atoms with Gasteiger partial charge in [-0.1, -0.05) is 66.7 Å². The van der Waals surface area contributed by atoms with Crippen molar-refractivity contribution < 1.29 is 9.84 Å². The maximum Gasteiger partial charge on any atom is 0.119 e.